The van der Waals surface area contributed by atoms with Crippen molar-refractivity contribution in [2.24, 2.45) is 0 Å². The Labute approximate surface area is 226 Å². The average Bonchev–Trinajstić information content (AvgIpc) is 3.27. The number of H-pyrrole nitrogens is 1. The minimum absolute atomic E-state index is 0.0352. The number of Topliss-reactive ketones (excluding diaryl/α,β-unsaturated/α-hetero) is 1. The maximum absolute atomic E-state index is 13.3. The minimum atomic E-state index is -1.15. The Morgan fingerprint density at radius 3 is 2.49 bits per heavy atom. The van der Waals surface area contributed by atoms with Crippen LogP contribution >= 0.6 is 0 Å². The Morgan fingerprint density at radius 1 is 1.05 bits per heavy atom. The van der Waals surface area contributed by atoms with Crippen LogP contribution in [0.15, 0.2) is 30.5 Å². The highest BCUT2D eigenvalue weighted by molar-refractivity contribution is 6.25. The van der Waals surface area contributed by atoms with Gasteiger partial charge in [-0.1, -0.05) is 18.2 Å². The first-order valence-corrected chi connectivity index (χ1v) is 12.9. The average molecular weight is 541 g/mol. The lowest BCUT2D eigenvalue weighted by atomic mass is 10.0. The smallest absolute Gasteiger partial charge is 0.328 e. The second-order valence-electron chi connectivity index (χ2n) is 9.43. The van der Waals surface area contributed by atoms with Crippen LogP contribution in [0.25, 0.3) is 16.4 Å². The van der Waals surface area contributed by atoms with Crippen molar-refractivity contribution in [2.75, 3.05) is 6.54 Å². The predicted octanol–water partition coefficient (Wildman–Crippen LogP) is 1.59. The fourth-order valence-electron chi connectivity index (χ4n) is 3.95. The van der Waals surface area contributed by atoms with Crippen molar-refractivity contribution < 1.29 is 33.5 Å². The number of esters is 1. The Balaban J connectivity index is 2.13. The zero-order chi connectivity index (χ0) is 28.8. The topological polar surface area (TPSA) is 183 Å². The third-order valence-electron chi connectivity index (χ3n) is 5.81. The fourth-order valence-corrected chi connectivity index (χ4v) is 3.95. The van der Waals surface area contributed by atoms with E-state index in [1.165, 1.54) is 6.92 Å². The SMILES string of the molecule is CC(=O)NCCCC[C@H](NC(=O)Cc1c[nH]c2ccccc12)C(=O)N[C@@H](CCC(=O)C=[N+]=[N-])C(=O)OC(C)C. The summed E-state index contributed by atoms with van der Waals surface area (Å²) in [4.78, 5) is 67.6. The molecule has 0 radical (unpaired) electrons. The highest BCUT2D eigenvalue weighted by atomic mass is 16.5. The number of ether oxygens (including phenoxy) is 1. The third-order valence-corrected chi connectivity index (χ3v) is 5.81. The number of nitrogens with zero attached hydrogens (tertiary/aromatic N) is 2. The standard InChI is InChI=1S/C27H36N6O6/c1-17(2)39-27(38)24(12-11-20(35)16-31-28)33-26(37)23(10-6-7-13-29-18(3)34)32-25(36)14-19-15-30-22-9-5-4-8-21(19)22/h4-5,8-9,15-17,23-24,30H,6-7,10-14H2,1-3H3,(H,29,34)(H,32,36)(H,33,37)/t23-,24-/m0/s1. The van der Waals surface area contributed by atoms with Crippen LogP contribution in [0.4, 0.5) is 0 Å². The number of ketones is 1. The molecule has 39 heavy (non-hydrogen) atoms. The Morgan fingerprint density at radius 2 is 1.79 bits per heavy atom. The van der Waals surface area contributed by atoms with Gasteiger partial charge in [-0.15, -0.1) is 0 Å². The lowest BCUT2D eigenvalue weighted by Crippen LogP contribution is -2.52. The Kier molecular flexibility index (Phi) is 12.5. The van der Waals surface area contributed by atoms with E-state index in [4.69, 9.17) is 10.3 Å². The first kappa shape index (κ1) is 30.9. The molecule has 0 fully saturated rings. The van der Waals surface area contributed by atoms with E-state index in [9.17, 15) is 24.0 Å². The second kappa shape index (κ2) is 15.8. The van der Waals surface area contributed by atoms with Gasteiger partial charge in [-0.3, -0.25) is 19.2 Å². The van der Waals surface area contributed by atoms with Gasteiger partial charge in [-0.25, -0.2) is 4.79 Å². The molecular weight excluding hydrogens is 504 g/mol. The van der Waals surface area contributed by atoms with Crippen molar-refractivity contribution in [1.82, 2.24) is 20.9 Å². The monoisotopic (exact) mass is 540 g/mol. The van der Waals surface area contributed by atoms with Crippen LogP contribution in [0.3, 0.4) is 0 Å². The first-order valence-electron chi connectivity index (χ1n) is 12.9. The van der Waals surface area contributed by atoms with Crippen LogP contribution in [0, 0.1) is 0 Å². The molecule has 0 spiro atoms. The summed E-state index contributed by atoms with van der Waals surface area (Å²) < 4.78 is 5.23. The van der Waals surface area contributed by atoms with Crippen LogP contribution in [-0.4, -0.2) is 70.2 Å². The van der Waals surface area contributed by atoms with Crippen molar-refractivity contribution in [3.63, 3.8) is 0 Å². The maximum atomic E-state index is 13.3. The van der Waals surface area contributed by atoms with Crippen molar-refractivity contribution in [1.29, 1.82) is 0 Å². The van der Waals surface area contributed by atoms with Crippen LogP contribution in [0.5, 0.6) is 0 Å². The Bertz CT molecular complexity index is 1220. The first-order chi connectivity index (χ1) is 18.6. The summed E-state index contributed by atoms with van der Waals surface area (Å²) in [6.45, 7) is 5.14. The number of para-hydroxylation sites is 1. The largest absolute Gasteiger partial charge is 0.461 e. The molecule has 0 aliphatic rings. The van der Waals surface area contributed by atoms with Gasteiger partial charge < -0.3 is 31.2 Å². The maximum Gasteiger partial charge on any atom is 0.328 e. The van der Waals surface area contributed by atoms with E-state index in [-0.39, 0.29) is 37.5 Å². The summed E-state index contributed by atoms with van der Waals surface area (Å²) in [5.74, 6) is -2.39. The number of fused-ring (bicyclic) bond motifs is 1. The third kappa shape index (κ3) is 10.9. The predicted molar refractivity (Wildman–Crippen MR) is 144 cm³/mol. The molecule has 0 saturated heterocycles. The van der Waals surface area contributed by atoms with E-state index in [1.807, 2.05) is 24.3 Å². The van der Waals surface area contributed by atoms with Gasteiger partial charge >= 0.3 is 12.2 Å². The number of rotatable bonds is 16. The van der Waals surface area contributed by atoms with E-state index in [2.05, 4.69) is 25.7 Å². The number of hydrogen-bond donors (Lipinski definition) is 4. The molecule has 1 aromatic heterocycles. The molecule has 1 heterocycles. The zero-order valence-corrected chi connectivity index (χ0v) is 22.5. The van der Waals surface area contributed by atoms with Gasteiger partial charge in [0.15, 0.2) is 0 Å². The number of aromatic amines is 1. The number of hydrogen-bond acceptors (Lipinski definition) is 6. The number of benzene rings is 1. The number of nitrogens with one attached hydrogen (secondary N) is 4. The second-order valence-corrected chi connectivity index (χ2v) is 9.43. The summed E-state index contributed by atoms with van der Waals surface area (Å²) in [6.07, 6.45) is 3.14. The summed E-state index contributed by atoms with van der Waals surface area (Å²) in [7, 11) is 0. The summed E-state index contributed by atoms with van der Waals surface area (Å²) in [6, 6.07) is 5.43. The van der Waals surface area contributed by atoms with Gasteiger partial charge in [0.1, 0.15) is 12.1 Å². The van der Waals surface area contributed by atoms with Crippen molar-refractivity contribution in [3.8, 4) is 0 Å². The minimum Gasteiger partial charge on any atom is -0.461 e. The van der Waals surface area contributed by atoms with Crippen molar-refractivity contribution in [3.05, 3.63) is 41.6 Å². The molecule has 4 N–H and O–H groups in total. The van der Waals surface area contributed by atoms with Gasteiger partial charge in [-0.05, 0) is 51.2 Å². The molecular formula is C27H36N6O6. The molecule has 0 aliphatic heterocycles. The van der Waals surface area contributed by atoms with E-state index < -0.39 is 35.8 Å². The molecule has 0 unspecified atom stereocenters. The summed E-state index contributed by atoms with van der Waals surface area (Å²) in [5.41, 5.74) is 10.2. The molecule has 1 aromatic carbocycles. The molecule has 2 atom stereocenters. The number of aromatic nitrogens is 1. The highest BCUT2D eigenvalue weighted by Gasteiger charge is 2.29. The molecule has 12 nitrogen and oxygen atoms in total. The summed E-state index contributed by atoms with van der Waals surface area (Å²) >= 11 is 0. The lowest BCUT2D eigenvalue weighted by molar-refractivity contribution is -0.152. The van der Waals surface area contributed by atoms with E-state index in [0.29, 0.717) is 19.4 Å². The Hall–Kier alpha value is -4.31. The number of amides is 3. The van der Waals surface area contributed by atoms with Crippen LogP contribution < -0.4 is 16.0 Å². The van der Waals surface area contributed by atoms with Crippen molar-refractivity contribution in [2.45, 2.75) is 77.5 Å². The van der Waals surface area contributed by atoms with E-state index >= 15 is 0 Å². The van der Waals surface area contributed by atoms with Crippen LogP contribution in [0.2, 0.25) is 0 Å². The fraction of sp³-hybridized carbons (Fsp3) is 0.481. The van der Waals surface area contributed by atoms with Gasteiger partial charge in [0.2, 0.25) is 23.5 Å². The normalized spacial score (nSPS) is 12.2. The van der Waals surface area contributed by atoms with E-state index in [1.54, 1.807) is 20.0 Å². The lowest BCUT2D eigenvalue weighted by Gasteiger charge is -2.23. The number of carbonyl (C=O) groups excluding carboxylic acids is 5. The van der Waals surface area contributed by atoms with Crippen LogP contribution in [0.1, 0.15) is 58.4 Å². The zero-order valence-electron chi connectivity index (χ0n) is 22.5. The van der Waals surface area contributed by atoms with Crippen LogP contribution in [-0.2, 0) is 35.1 Å². The van der Waals surface area contributed by atoms with E-state index in [0.717, 1.165) is 22.7 Å². The molecule has 0 saturated carbocycles. The van der Waals surface area contributed by atoms with Gasteiger partial charge in [0.05, 0.1) is 12.5 Å². The molecule has 0 aliphatic carbocycles. The van der Waals surface area contributed by atoms with Gasteiger partial charge in [-0.2, -0.15) is 4.79 Å². The number of unbranched alkanes of at least 4 members (excludes halogenated alkanes) is 1. The molecule has 2 rings (SSSR count). The van der Waals surface area contributed by atoms with Gasteiger partial charge in [0, 0.05) is 37.0 Å². The quantitative estimate of drug-likeness (QED) is 0.0824. The highest BCUT2D eigenvalue weighted by Crippen LogP contribution is 2.18. The van der Waals surface area contributed by atoms with Crippen molar-refractivity contribution >= 4 is 46.6 Å². The molecule has 210 valence electrons. The molecule has 2 aromatic rings. The van der Waals surface area contributed by atoms with Gasteiger partial charge in [0.25, 0.3) is 0 Å². The molecule has 3 amide bonds. The molecule has 12 heteroatoms. The summed E-state index contributed by atoms with van der Waals surface area (Å²) in [5, 5.41) is 8.96. The molecule has 0 bridgehead atoms. The number of carbonyl (C=O) groups is 5.